The Balaban J connectivity index is 1.91. The zero-order valence-electron chi connectivity index (χ0n) is 11.1. The van der Waals surface area contributed by atoms with Crippen molar-refractivity contribution in [1.82, 2.24) is 9.97 Å². The number of fused-ring (bicyclic) bond motifs is 1. The minimum Gasteiger partial charge on any atom is -0.326 e. The average molecular weight is 278 g/mol. The minimum absolute atomic E-state index is 0.245. The molecule has 0 aliphatic carbocycles. The smallest absolute Gasteiger partial charge is 0.326 e. The van der Waals surface area contributed by atoms with Crippen LogP contribution in [0.5, 0.6) is 0 Å². The van der Waals surface area contributed by atoms with Gasteiger partial charge >= 0.3 is 6.18 Å². The van der Waals surface area contributed by atoms with Crippen molar-refractivity contribution in [2.24, 2.45) is 0 Å². The molecule has 3 rings (SSSR count). The van der Waals surface area contributed by atoms with Crippen LogP contribution in [-0.4, -0.2) is 9.97 Å². The molecule has 0 spiro atoms. The Bertz CT molecular complexity index is 763. The summed E-state index contributed by atoms with van der Waals surface area (Å²) >= 11 is 0. The molecule has 0 aliphatic heterocycles. The van der Waals surface area contributed by atoms with Crippen LogP contribution in [-0.2, 0) is 6.18 Å². The van der Waals surface area contributed by atoms with Gasteiger partial charge in [-0.1, -0.05) is 12.1 Å². The van der Waals surface area contributed by atoms with Gasteiger partial charge in [0.05, 0.1) is 18.0 Å². The Kier molecular flexibility index (Phi) is 2.58. The van der Waals surface area contributed by atoms with Crippen molar-refractivity contribution in [3.8, 4) is 0 Å². The van der Waals surface area contributed by atoms with E-state index in [1.807, 2.05) is 24.3 Å². The number of anilines is 2. The Labute approximate surface area is 113 Å². The van der Waals surface area contributed by atoms with Gasteiger partial charge in [-0.15, -0.1) is 0 Å². The molecule has 0 unspecified atom stereocenters. The number of benzene rings is 2. The first-order valence-corrected chi connectivity index (χ1v) is 5.83. The van der Waals surface area contributed by atoms with Crippen molar-refractivity contribution in [2.45, 2.75) is 6.18 Å². The molecular formula is C14H10F3N3. The van der Waals surface area contributed by atoms with Gasteiger partial charge in [-0.25, -0.2) is 4.98 Å². The molecule has 0 saturated heterocycles. The zero-order valence-corrected chi connectivity index (χ0v) is 10.1. The number of aromatic nitrogens is 2. The summed E-state index contributed by atoms with van der Waals surface area (Å²) in [6.07, 6.45) is -4.45. The van der Waals surface area contributed by atoms with Gasteiger partial charge in [-0.2, -0.15) is 13.2 Å². The molecule has 3 aromatic rings. The SMILES string of the molecule is [2H]c1cc(C(F)(F)F)ccc1Nc1nc2ccccc2[nH]1. The number of nitrogens with one attached hydrogen (secondary N) is 2. The maximum absolute atomic E-state index is 12.5. The number of hydrogen-bond acceptors (Lipinski definition) is 2. The quantitative estimate of drug-likeness (QED) is 0.732. The molecule has 2 aromatic carbocycles. The Morgan fingerprint density at radius 2 is 1.90 bits per heavy atom. The van der Waals surface area contributed by atoms with E-state index in [9.17, 15) is 13.2 Å². The van der Waals surface area contributed by atoms with E-state index in [1.165, 1.54) is 6.07 Å². The summed E-state index contributed by atoms with van der Waals surface area (Å²) in [7, 11) is 0. The number of aromatic amines is 1. The summed E-state index contributed by atoms with van der Waals surface area (Å²) in [5, 5.41) is 2.82. The summed E-state index contributed by atoms with van der Waals surface area (Å²) in [6.45, 7) is 0. The second-order valence-electron chi connectivity index (χ2n) is 4.22. The normalized spacial score (nSPS) is 12.4. The van der Waals surface area contributed by atoms with Crippen molar-refractivity contribution in [2.75, 3.05) is 5.32 Å². The minimum atomic E-state index is -4.45. The molecule has 3 nitrogen and oxygen atoms in total. The van der Waals surface area contributed by atoms with Crippen molar-refractivity contribution >= 4 is 22.7 Å². The molecule has 1 heterocycles. The van der Waals surface area contributed by atoms with Gasteiger partial charge in [0, 0.05) is 5.69 Å². The Morgan fingerprint density at radius 3 is 2.60 bits per heavy atom. The van der Waals surface area contributed by atoms with Gasteiger partial charge in [0.1, 0.15) is 0 Å². The van der Waals surface area contributed by atoms with Gasteiger partial charge in [0.25, 0.3) is 0 Å². The highest BCUT2D eigenvalue weighted by Gasteiger charge is 2.29. The van der Waals surface area contributed by atoms with Crippen LogP contribution in [0.3, 0.4) is 0 Å². The molecule has 6 heteroatoms. The molecule has 0 aliphatic rings. The number of H-pyrrole nitrogens is 1. The van der Waals surface area contributed by atoms with Crippen LogP contribution >= 0.6 is 0 Å². The topological polar surface area (TPSA) is 40.7 Å². The van der Waals surface area contributed by atoms with Gasteiger partial charge in [0.15, 0.2) is 0 Å². The van der Waals surface area contributed by atoms with Gasteiger partial charge in [-0.3, -0.25) is 0 Å². The third-order valence-corrected chi connectivity index (χ3v) is 2.78. The number of imidazole rings is 1. The fourth-order valence-electron chi connectivity index (χ4n) is 1.82. The van der Waals surface area contributed by atoms with E-state index in [4.69, 9.17) is 1.37 Å². The van der Waals surface area contributed by atoms with Crippen LogP contribution in [0.25, 0.3) is 11.0 Å². The summed E-state index contributed by atoms with van der Waals surface area (Å²) in [5.74, 6) is 0.379. The van der Waals surface area contributed by atoms with Gasteiger partial charge < -0.3 is 10.3 Å². The lowest BCUT2D eigenvalue weighted by molar-refractivity contribution is -0.137. The molecule has 0 atom stereocenters. The maximum Gasteiger partial charge on any atom is 0.416 e. The first kappa shape index (κ1) is 11.3. The standard InChI is InChI=1S/C14H10F3N3/c15-14(16,17)9-5-7-10(8-6-9)18-13-19-11-3-1-2-4-12(11)20-13/h1-8H,(H2,18,19,20)/i7D. The van der Waals surface area contributed by atoms with Gasteiger partial charge in [-0.05, 0) is 36.4 Å². The van der Waals surface area contributed by atoms with E-state index >= 15 is 0 Å². The van der Waals surface area contributed by atoms with E-state index < -0.39 is 11.7 Å². The van der Waals surface area contributed by atoms with Crippen LogP contribution in [0.15, 0.2) is 48.5 Å². The van der Waals surface area contributed by atoms with Crippen LogP contribution < -0.4 is 5.32 Å². The Hall–Kier alpha value is -2.50. The molecule has 2 N–H and O–H groups in total. The van der Waals surface area contributed by atoms with Crippen LogP contribution in [0.2, 0.25) is 0 Å². The molecular weight excluding hydrogens is 267 g/mol. The second kappa shape index (κ2) is 4.56. The summed E-state index contributed by atoms with van der Waals surface area (Å²) in [5.41, 5.74) is 0.946. The first-order valence-electron chi connectivity index (χ1n) is 6.33. The highest BCUT2D eigenvalue weighted by molar-refractivity contribution is 5.78. The van der Waals surface area contributed by atoms with E-state index in [1.54, 1.807) is 0 Å². The number of hydrogen-bond donors (Lipinski definition) is 2. The third kappa shape index (κ3) is 2.45. The van der Waals surface area contributed by atoms with Crippen LogP contribution in [0, 0.1) is 0 Å². The predicted molar refractivity (Wildman–Crippen MR) is 70.8 cm³/mol. The highest BCUT2D eigenvalue weighted by Crippen LogP contribution is 2.30. The molecule has 0 amide bonds. The van der Waals surface area contributed by atoms with E-state index in [2.05, 4.69) is 15.3 Å². The molecule has 0 radical (unpaired) electrons. The number of halogens is 3. The fraction of sp³-hybridized carbons (Fsp3) is 0.0714. The lowest BCUT2D eigenvalue weighted by Crippen LogP contribution is -2.04. The molecule has 20 heavy (non-hydrogen) atoms. The average Bonchev–Trinajstić information content (AvgIpc) is 2.82. The van der Waals surface area contributed by atoms with Crippen molar-refractivity contribution in [3.05, 3.63) is 54.1 Å². The molecule has 0 bridgehead atoms. The summed E-state index contributed by atoms with van der Waals surface area (Å²) < 4.78 is 45.3. The first-order chi connectivity index (χ1) is 9.93. The van der Waals surface area contributed by atoms with E-state index in [0.717, 1.165) is 23.2 Å². The molecule has 102 valence electrons. The Morgan fingerprint density at radius 1 is 1.10 bits per heavy atom. The van der Waals surface area contributed by atoms with Gasteiger partial charge in [0.2, 0.25) is 5.95 Å². The number of para-hydroxylation sites is 2. The van der Waals surface area contributed by atoms with Crippen molar-refractivity contribution < 1.29 is 14.5 Å². The molecule has 0 saturated carbocycles. The zero-order chi connectivity index (χ0) is 15.0. The number of nitrogens with zero attached hydrogens (tertiary/aromatic N) is 1. The van der Waals surface area contributed by atoms with Crippen LogP contribution in [0.1, 0.15) is 6.93 Å². The summed E-state index contributed by atoms with van der Waals surface area (Å²) in [4.78, 5) is 7.24. The second-order valence-corrected chi connectivity index (χ2v) is 4.22. The lowest BCUT2D eigenvalue weighted by Gasteiger charge is -2.07. The largest absolute Gasteiger partial charge is 0.416 e. The van der Waals surface area contributed by atoms with Crippen LogP contribution in [0.4, 0.5) is 24.8 Å². The summed E-state index contributed by atoms with van der Waals surface area (Å²) in [6, 6.07) is 10.0. The van der Waals surface area contributed by atoms with E-state index in [-0.39, 0.29) is 11.7 Å². The monoisotopic (exact) mass is 278 g/mol. The lowest BCUT2D eigenvalue weighted by atomic mass is 10.2. The molecule has 1 aromatic heterocycles. The van der Waals surface area contributed by atoms with E-state index in [0.29, 0.717) is 5.95 Å². The maximum atomic E-state index is 12.5. The molecule has 0 fully saturated rings. The van der Waals surface area contributed by atoms with Crippen molar-refractivity contribution in [3.63, 3.8) is 0 Å². The highest BCUT2D eigenvalue weighted by atomic mass is 19.4. The number of alkyl halides is 3. The fourth-order valence-corrected chi connectivity index (χ4v) is 1.82. The number of rotatable bonds is 2. The third-order valence-electron chi connectivity index (χ3n) is 2.78. The van der Waals surface area contributed by atoms with Crippen molar-refractivity contribution in [1.29, 1.82) is 0 Å². The predicted octanol–water partition coefficient (Wildman–Crippen LogP) is 4.33.